The van der Waals surface area contributed by atoms with Gasteiger partial charge in [0, 0.05) is 37.9 Å². The fraction of sp³-hybridized carbons (Fsp3) is 0.833. The highest BCUT2D eigenvalue weighted by Gasteiger charge is 2.58. The smallest absolute Gasteiger partial charge is 0.253 e. The Labute approximate surface area is 105 Å². The Morgan fingerprint density at radius 3 is 2.67 bits per heavy atom. The predicted octanol–water partition coefficient (Wildman–Crippen LogP) is 0.872. The number of carbonyl (C=O) groups excluding carboxylic acids is 2. The van der Waals surface area contributed by atoms with E-state index in [1.54, 1.807) is 6.92 Å². The number of likely N-dealkylation sites (tertiary alicyclic amines) is 1. The summed E-state index contributed by atoms with van der Waals surface area (Å²) in [7, 11) is 0. The lowest BCUT2D eigenvalue weighted by Crippen LogP contribution is -2.57. The molecule has 0 spiro atoms. The Hall–Kier alpha value is -1.20. The van der Waals surface area contributed by atoms with Gasteiger partial charge in [0.05, 0.1) is 5.92 Å². The molecule has 1 N–H and O–H groups in total. The molecule has 1 saturated heterocycles. The number of β-lactam (4-membered cyclic amide) rings is 1. The van der Waals surface area contributed by atoms with Crippen LogP contribution in [-0.4, -0.2) is 42.3 Å². The number of nitrogens with one attached hydrogen (secondary N) is 1. The average Bonchev–Trinajstić information content (AvgIpc) is 2.90. The maximum atomic E-state index is 12.7. The van der Waals surface area contributed by atoms with E-state index in [1.807, 2.05) is 6.92 Å². The molecule has 1 heterocycles. The number of alkyl halides is 2. The minimum Gasteiger partial charge on any atom is -0.356 e. The van der Waals surface area contributed by atoms with Crippen LogP contribution in [0.25, 0.3) is 0 Å². The fourth-order valence-corrected chi connectivity index (χ4v) is 2.32. The Kier molecular flexibility index (Phi) is 3.29. The second kappa shape index (κ2) is 4.48. The Balaban J connectivity index is 1.79. The summed E-state index contributed by atoms with van der Waals surface area (Å²) in [4.78, 5) is 24.8. The van der Waals surface area contributed by atoms with Gasteiger partial charge in [0.2, 0.25) is 11.8 Å². The van der Waals surface area contributed by atoms with Gasteiger partial charge in [-0.1, -0.05) is 6.92 Å². The van der Waals surface area contributed by atoms with Crippen LogP contribution in [0.1, 0.15) is 20.3 Å². The maximum Gasteiger partial charge on any atom is 0.253 e. The van der Waals surface area contributed by atoms with E-state index in [2.05, 4.69) is 5.32 Å². The second-order valence-electron chi connectivity index (χ2n) is 5.20. The molecule has 4 nitrogen and oxygen atoms in total. The summed E-state index contributed by atoms with van der Waals surface area (Å²) in [6, 6.07) is 0. The fourth-order valence-electron chi connectivity index (χ4n) is 2.32. The first-order chi connectivity index (χ1) is 8.36. The van der Waals surface area contributed by atoms with Crippen molar-refractivity contribution in [1.82, 2.24) is 10.2 Å². The first-order valence-corrected chi connectivity index (χ1v) is 6.31. The van der Waals surface area contributed by atoms with Crippen molar-refractivity contribution in [3.05, 3.63) is 0 Å². The van der Waals surface area contributed by atoms with Crippen molar-refractivity contribution < 1.29 is 18.4 Å². The SMILES string of the molecule is CCNC(=O)C(C)C1CN(CC2CC2(F)F)C1=O. The van der Waals surface area contributed by atoms with Crippen LogP contribution < -0.4 is 5.32 Å². The van der Waals surface area contributed by atoms with Crippen molar-refractivity contribution in [1.29, 1.82) is 0 Å². The molecular formula is C12H18F2N2O2. The minimum atomic E-state index is -2.59. The molecule has 1 aliphatic carbocycles. The molecule has 2 aliphatic rings. The van der Waals surface area contributed by atoms with Crippen LogP contribution in [0.4, 0.5) is 8.78 Å². The van der Waals surface area contributed by atoms with Crippen LogP contribution >= 0.6 is 0 Å². The number of amides is 2. The van der Waals surface area contributed by atoms with Crippen LogP contribution in [0.2, 0.25) is 0 Å². The van der Waals surface area contributed by atoms with E-state index < -0.39 is 11.8 Å². The van der Waals surface area contributed by atoms with Crippen LogP contribution in [0.15, 0.2) is 0 Å². The molecule has 102 valence electrons. The minimum absolute atomic E-state index is 0.118. The Bertz CT molecular complexity index is 373. The summed E-state index contributed by atoms with van der Waals surface area (Å²) in [6.45, 7) is 4.60. The van der Waals surface area contributed by atoms with Gasteiger partial charge in [0.1, 0.15) is 0 Å². The number of nitrogens with zero attached hydrogens (tertiary/aromatic N) is 1. The molecule has 0 aromatic carbocycles. The van der Waals surface area contributed by atoms with Gasteiger partial charge in [-0.15, -0.1) is 0 Å². The molecule has 1 aliphatic heterocycles. The molecule has 6 heteroatoms. The van der Waals surface area contributed by atoms with Crippen LogP contribution in [-0.2, 0) is 9.59 Å². The molecular weight excluding hydrogens is 242 g/mol. The third-order valence-electron chi connectivity index (χ3n) is 3.81. The zero-order valence-electron chi connectivity index (χ0n) is 10.6. The molecule has 1 saturated carbocycles. The lowest BCUT2D eigenvalue weighted by Gasteiger charge is -2.41. The van der Waals surface area contributed by atoms with Gasteiger partial charge in [-0.3, -0.25) is 9.59 Å². The number of carbonyl (C=O) groups is 2. The molecule has 2 fully saturated rings. The van der Waals surface area contributed by atoms with Gasteiger partial charge in [-0.05, 0) is 6.92 Å². The molecule has 2 amide bonds. The number of rotatable bonds is 5. The first kappa shape index (κ1) is 13.2. The van der Waals surface area contributed by atoms with Crippen LogP contribution in [0.3, 0.4) is 0 Å². The molecule has 3 unspecified atom stereocenters. The van der Waals surface area contributed by atoms with E-state index in [9.17, 15) is 18.4 Å². The highest BCUT2D eigenvalue weighted by Crippen LogP contribution is 2.49. The predicted molar refractivity (Wildman–Crippen MR) is 61.0 cm³/mol. The van der Waals surface area contributed by atoms with E-state index in [0.717, 1.165) is 0 Å². The summed E-state index contributed by atoms with van der Waals surface area (Å²) in [5.74, 6) is -4.31. The van der Waals surface area contributed by atoms with E-state index in [1.165, 1.54) is 4.90 Å². The average molecular weight is 260 g/mol. The summed E-state index contributed by atoms with van der Waals surface area (Å²) in [5, 5.41) is 2.67. The molecule has 0 bridgehead atoms. The molecule has 0 aromatic rings. The lowest BCUT2D eigenvalue weighted by atomic mass is 9.85. The van der Waals surface area contributed by atoms with Crippen LogP contribution in [0.5, 0.6) is 0 Å². The van der Waals surface area contributed by atoms with E-state index >= 15 is 0 Å². The summed E-state index contributed by atoms with van der Waals surface area (Å²) in [5.41, 5.74) is 0. The van der Waals surface area contributed by atoms with Gasteiger partial charge in [-0.25, -0.2) is 8.78 Å². The van der Waals surface area contributed by atoms with Gasteiger partial charge >= 0.3 is 0 Å². The first-order valence-electron chi connectivity index (χ1n) is 6.31. The number of hydrogen-bond donors (Lipinski definition) is 1. The molecule has 3 atom stereocenters. The largest absolute Gasteiger partial charge is 0.356 e. The molecule has 18 heavy (non-hydrogen) atoms. The third kappa shape index (κ3) is 2.33. The lowest BCUT2D eigenvalue weighted by molar-refractivity contribution is -0.155. The van der Waals surface area contributed by atoms with E-state index in [-0.39, 0.29) is 36.6 Å². The topological polar surface area (TPSA) is 49.4 Å². The molecule has 0 radical (unpaired) electrons. The quantitative estimate of drug-likeness (QED) is 0.746. The zero-order valence-corrected chi connectivity index (χ0v) is 10.6. The molecule has 2 rings (SSSR count). The molecule has 0 aromatic heterocycles. The van der Waals surface area contributed by atoms with E-state index in [0.29, 0.717) is 13.1 Å². The number of hydrogen-bond acceptors (Lipinski definition) is 2. The standard InChI is InChI=1S/C12H18F2N2O2/c1-3-15-10(17)7(2)9-6-16(11(9)18)5-8-4-12(8,13)14/h7-9H,3-6H2,1-2H3,(H,15,17). The van der Waals surface area contributed by atoms with Gasteiger partial charge in [0.15, 0.2) is 0 Å². The van der Waals surface area contributed by atoms with Crippen LogP contribution in [0, 0.1) is 17.8 Å². The Morgan fingerprint density at radius 2 is 2.22 bits per heavy atom. The van der Waals surface area contributed by atoms with Crippen molar-refractivity contribution in [2.75, 3.05) is 19.6 Å². The van der Waals surface area contributed by atoms with E-state index in [4.69, 9.17) is 0 Å². The summed E-state index contributed by atoms with van der Waals surface area (Å²) in [6.07, 6.45) is -0.118. The Morgan fingerprint density at radius 1 is 1.61 bits per heavy atom. The maximum absolute atomic E-state index is 12.7. The van der Waals surface area contributed by atoms with Crippen molar-refractivity contribution in [2.24, 2.45) is 17.8 Å². The monoisotopic (exact) mass is 260 g/mol. The normalized spacial score (nSPS) is 30.7. The number of halogens is 2. The zero-order chi connectivity index (χ0) is 13.5. The van der Waals surface area contributed by atoms with Crippen molar-refractivity contribution in [3.63, 3.8) is 0 Å². The van der Waals surface area contributed by atoms with Gasteiger partial charge in [0.25, 0.3) is 5.92 Å². The van der Waals surface area contributed by atoms with Crippen molar-refractivity contribution in [2.45, 2.75) is 26.2 Å². The van der Waals surface area contributed by atoms with Gasteiger partial charge in [-0.2, -0.15) is 0 Å². The van der Waals surface area contributed by atoms with Crippen molar-refractivity contribution >= 4 is 11.8 Å². The highest BCUT2D eigenvalue weighted by molar-refractivity contribution is 5.91. The highest BCUT2D eigenvalue weighted by atomic mass is 19.3. The second-order valence-corrected chi connectivity index (χ2v) is 5.20. The van der Waals surface area contributed by atoms with Gasteiger partial charge < -0.3 is 10.2 Å². The third-order valence-corrected chi connectivity index (χ3v) is 3.81. The summed E-state index contributed by atoms with van der Waals surface area (Å²) < 4.78 is 25.5. The van der Waals surface area contributed by atoms with Crippen molar-refractivity contribution in [3.8, 4) is 0 Å². The summed E-state index contributed by atoms with van der Waals surface area (Å²) >= 11 is 0.